The largest absolute Gasteiger partial charge is 0.493 e. The summed E-state index contributed by atoms with van der Waals surface area (Å²) < 4.78 is 10.4. The number of nitrogens with one attached hydrogen (secondary N) is 1. The molecule has 2 aromatic carbocycles. The number of pyridine rings is 1. The van der Waals surface area contributed by atoms with Crippen LogP contribution in [0, 0.1) is 6.92 Å². The summed E-state index contributed by atoms with van der Waals surface area (Å²) in [4.78, 5) is 29.2. The summed E-state index contributed by atoms with van der Waals surface area (Å²) >= 11 is 0. The van der Waals surface area contributed by atoms with Crippen LogP contribution >= 0.6 is 0 Å². The zero-order valence-electron chi connectivity index (χ0n) is 16.4. The second-order valence-electron chi connectivity index (χ2n) is 6.27. The molecule has 0 atom stereocenters. The molecule has 0 bridgehead atoms. The van der Waals surface area contributed by atoms with Crippen molar-refractivity contribution in [1.82, 2.24) is 4.98 Å². The number of carbonyl (C=O) groups is 2. The van der Waals surface area contributed by atoms with Crippen LogP contribution < -0.4 is 20.5 Å². The van der Waals surface area contributed by atoms with Gasteiger partial charge in [-0.05, 0) is 25.1 Å². The van der Waals surface area contributed by atoms with Crippen LogP contribution in [0.3, 0.4) is 0 Å². The molecule has 0 saturated heterocycles. The summed E-state index contributed by atoms with van der Waals surface area (Å²) in [5.74, 6) is -0.411. The molecule has 0 radical (unpaired) electrons. The maximum absolute atomic E-state index is 12.8. The van der Waals surface area contributed by atoms with E-state index in [0.29, 0.717) is 22.8 Å². The van der Waals surface area contributed by atoms with E-state index in [1.54, 1.807) is 19.1 Å². The van der Waals surface area contributed by atoms with Crippen molar-refractivity contribution in [3.05, 3.63) is 71.4 Å². The minimum Gasteiger partial charge on any atom is -0.493 e. The molecule has 0 aliphatic heterocycles. The average molecular weight is 391 g/mol. The zero-order valence-corrected chi connectivity index (χ0v) is 16.4. The molecule has 1 heterocycles. The minimum atomic E-state index is -0.699. The molecular weight excluding hydrogens is 370 g/mol. The smallest absolute Gasteiger partial charge is 0.257 e. The van der Waals surface area contributed by atoms with Crippen molar-refractivity contribution in [3.8, 4) is 22.8 Å². The number of methoxy groups -OCH3 is 2. The fourth-order valence-electron chi connectivity index (χ4n) is 2.95. The van der Waals surface area contributed by atoms with Gasteiger partial charge in [-0.3, -0.25) is 14.6 Å². The monoisotopic (exact) mass is 391 g/mol. The molecule has 2 amide bonds. The Kier molecular flexibility index (Phi) is 5.78. The molecule has 7 heteroatoms. The number of hydrogen-bond acceptors (Lipinski definition) is 5. The summed E-state index contributed by atoms with van der Waals surface area (Å²) in [6, 6.07) is 16.1. The first-order valence-corrected chi connectivity index (χ1v) is 8.84. The number of nitrogens with zero attached hydrogens (tertiary/aromatic N) is 1. The molecular formula is C22H21N3O4. The number of anilines is 1. The van der Waals surface area contributed by atoms with Gasteiger partial charge < -0.3 is 20.5 Å². The molecule has 0 fully saturated rings. The van der Waals surface area contributed by atoms with E-state index in [-0.39, 0.29) is 11.3 Å². The number of ether oxygens (including phenoxy) is 2. The van der Waals surface area contributed by atoms with Crippen LogP contribution in [0.25, 0.3) is 11.3 Å². The third kappa shape index (κ3) is 4.19. The van der Waals surface area contributed by atoms with Gasteiger partial charge in [0, 0.05) is 11.6 Å². The SMILES string of the molecule is COc1cc(NC(=O)c2ccc(-c3ccccc3)nc2C)c(C(N)=O)cc1OC. The van der Waals surface area contributed by atoms with E-state index in [1.165, 1.54) is 26.4 Å². The Morgan fingerprint density at radius 3 is 2.17 bits per heavy atom. The quantitative estimate of drug-likeness (QED) is 0.670. The molecule has 1 aromatic heterocycles. The van der Waals surface area contributed by atoms with Crippen molar-refractivity contribution in [2.24, 2.45) is 5.73 Å². The fourth-order valence-corrected chi connectivity index (χ4v) is 2.95. The first-order chi connectivity index (χ1) is 13.9. The van der Waals surface area contributed by atoms with E-state index in [2.05, 4.69) is 10.3 Å². The van der Waals surface area contributed by atoms with Gasteiger partial charge in [0.05, 0.1) is 42.4 Å². The lowest BCUT2D eigenvalue weighted by molar-refractivity contribution is 0.100. The number of rotatable bonds is 6. The number of carbonyl (C=O) groups excluding carboxylic acids is 2. The molecule has 7 nitrogen and oxygen atoms in total. The Balaban J connectivity index is 1.93. The fraction of sp³-hybridized carbons (Fsp3) is 0.136. The highest BCUT2D eigenvalue weighted by molar-refractivity contribution is 6.09. The zero-order chi connectivity index (χ0) is 21.0. The Bertz CT molecular complexity index is 1070. The van der Waals surface area contributed by atoms with E-state index >= 15 is 0 Å². The Morgan fingerprint density at radius 2 is 1.59 bits per heavy atom. The molecule has 3 aromatic rings. The number of nitrogens with two attached hydrogens (primary N) is 1. The van der Waals surface area contributed by atoms with E-state index in [1.807, 2.05) is 30.3 Å². The number of primary amides is 1. The lowest BCUT2D eigenvalue weighted by atomic mass is 10.1. The lowest BCUT2D eigenvalue weighted by Crippen LogP contribution is -2.19. The van der Waals surface area contributed by atoms with Gasteiger partial charge in [0.15, 0.2) is 11.5 Å². The van der Waals surface area contributed by atoms with E-state index in [0.717, 1.165) is 11.3 Å². The van der Waals surface area contributed by atoms with Crippen LogP contribution in [0.4, 0.5) is 5.69 Å². The first-order valence-electron chi connectivity index (χ1n) is 8.84. The van der Waals surface area contributed by atoms with Gasteiger partial charge in [-0.15, -0.1) is 0 Å². The maximum Gasteiger partial charge on any atom is 0.257 e. The van der Waals surface area contributed by atoms with Gasteiger partial charge in [-0.1, -0.05) is 30.3 Å². The second-order valence-corrected chi connectivity index (χ2v) is 6.27. The third-order valence-electron chi connectivity index (χ3n) is 4.44. The van der Waals surface area contributed by atoms with Crippen molar-refractivity contribution in [3.63, 3.8) is 0 Å². The molecule has 0 unspecified atom stereocenters. The molecule has 0 aliphatic carbocycles. The van der Waals surface area contributed by atoms with Gasteiger partial charge in [0.1, 0.15) is 0 Å². The van der Waals surface area contributed by atoms with Crippen LogP contribution in [0.15, 0.2) is 54.6 Å². The van der Waals surface area contributed by atoms with E-state index < -0.39 is 11.8 Å². The maximum atomic E-state index is 12.8. The van der Waals surface area contributed by atoms with E-state index in [4.69, 9.17) is 15.2 Å². The van der Waals surface area contributed by atoms with E-state index in [9.17, 15) is 9.59 Å². The molecule has 148 valence electrons. The highest BCUT2D eigenvalue weighted by Crippen LogP contribution is 2.33. The van der Waals surface area contributed by atoms with Gasteiger partial charge >= 0.3 is 0 Å². The molecule has 3 N–H and O–H groups in total. The minimum absolute atomic E-state index is 0.113. The van der Waals surface area contributed by atoms with Crippen LogP contribution in [0.1, 0.15) is 26.4 Å². The van der Waals surface area contributed by atoms with Crippen molar-refractivity contribution in [2.75, 3.05) is 19.5 Å². The highest BCUT2D eigenvalue weighted by Gasteiger charge is 2.19. The normalized spacial score (nSPS) is 10.3. The van der Waals surface area contributed by atoms with Crippen molar-refractivity contribution in [1.29, 1.82) is 0 Å². The average Bonchev–Trinajstić information content (AvgIpc) is 2.73. The van der Waals surface area contributed by atoms with Crippen LogP contribution in [-0.4, -0.2) is 31.0 Å². The highest BCUT2D eigenvalue weighted by atomic mass is 16.5. The van der Waals surface area contributed by atoms with Crippen LogP contribution in [-0.2, 0) is 0 Å². The van der Waals surface area contributed by atoms with Gasteiger partial charge in [-0.25, -0.2) is 0 Å². The molecule has 0 spiro atoms. The number of benzene rings is 2. The molecule has 0 aliphatic rings. The lowest BCUT2D eigenvalue weighted by Gasteiger charge is -2.15. The predicted octanol–water partition coefficient (Wildman–Crippen LogP) is 3.43. The van der Waals surface area contributed by atoms with Crippen molar-refractivity contribution < 1.29 is 19.1 Å². The first kappa shape index (κ1) is 19.9. The van der Waals surface area contributed by atoms with Gasteiger partial charge in [0.25, 0.3) is 11.8 Å². The van der Waals surface area contributed by atoms with Gasteiger partial charge in [-0.2, -0.15) is 0 Å². The standard InChI is InChI=1S/C22H21N3O4/c1-13-15(9-10-17(24-13)14-7-5-4-6-8-14)22(27)25-18-12-20(29-3)19(28-2)11-16(18)21(23)26/h4-12H,1-3H3,(H2,23,26)(H,25,27). The summed E-state index contributed by atoms with van der Waals surface area (Å²) in [5.41, 5.74) is 8.47. The van der Waals surface area contributed by atoms with Crippen LogP contribution in [0.5, 0.6) is 11.5 Å². The van der Waals surface area contributed by atoms with Gasteiger partial charge in [0.2, 0.25) is 0 Å². The number of aromatic nitrogens is 1. The summed E-state index contributed by atoms with van der Waals surface area (Å²) in [6.07, 6.45) is 0. The third-order valence-corrected chi connectivity index (χ3v) is 4.44. The second kappa shape index (κ2) is 8.43. The number of amides is 2. The molecule has 0 saturated carbocycles. The Morgan fingerprint density at radius 1 is 0.931 bits per heavy atom. The summed E-state index contributed by atoms with van der Waals surface area (Å²) in [6.45, 7) is 1.75. The van der Waals surface area contributed by atoms with Crippen molar-refractivity contribution >= 4 is 17.5 Å². The summed E-state index contributed by atoms with van der Waals surface area (Å²) in [7, 11) is 2.91. The topological polar surface area (TPSA) is 104 Å². The molecule has 29 heavy (non-hydrogen) atoms. The van der Waals surface area contributed by atoms with Crippen LogP contribution in [0.2, 0.25) is 0 Å². The number of hydrogen-bond donors (Lipinski definition) is 2. The predicted molar refractivity (Wildman–Crippen MR) is 110 cm³/mol. The molecule has 3 rings (SSSR count). The Hall–Kier alpha value is -3.87. The van der Waals surface area contributed by atoms with Crippen molar-refractivity contribution in [2.45, 2.75) is 6.92 Å². The Labute approximate surface area is 168 Å². The number of aryl methyl sites for hydroxylation is 1. The summed E-state index contributed by atoms with van der Waals surface area (Å²) in [5, 5.41) is 2.72.